The Morgan fingerprint density at radius 1 is 1.21 bits per heavy atom. The van der Waals surface area contributed by atoms with Crippen LogP contribution in [0.2, 0.25) is 0 Å². The highest BCUT2D eigenvalue weighted by molar-refractivity contribution is 5.80. The lowest BCUT2D eigenvalue weighted by Gasteiger charge is -2.36. The van der Waals surface area contributed by atoms with Gasteiger partial charge < -0.3 is 14.7 Å². The average Bonchev–Trinajstić information content (AvgIpc) is 3.21. The van der Waals surface area contributed by atoms with Gasteiger partial charge >= 0.3 is 0 Å². The molecule has 3 rings (SSSR count). The summed E-state index contributed by atoms with van der Waals surface area (Å²) in [5.74, 6) is -0.782. The van der Waals surface area contributed by atoms with Crippen molar-refractivity contribution in [2.24, 2.45) is 4.99 Å². The molecule has 1 aromatic heterocycles. The molecular weight excluding hydrogens is 364 g/mol. The van der Waals surface area contributed by atoms with Gasteiger partial charge in [0.25, 0.3) is 0 Å². The highest BCUT2D eigenvalue weighted by atomic mass is 19.2. The Balaban J connectivity index is 1.57. The Hall–Kier alpha value is -2.48. The van der Waals surface area contributed by atoms with Crippen LogP contribution in [-0.2, 0) is 6.54 Å². The fourth-order valence-corrected chi connectivity index (χ4v) is 3.24. The van der Waals surface area contributed by atoms with Gasteiger partial charge in [0, 0.05) is 57.8 Å². The van der Waals surface area contributed by atoms with Crippen molar-refractivity contribution in [1.29, 1.82) is 0 Å². The molecule has 1 aliphatic heterocycles. The summed E-state index contributed by atoms with van der Waals surface area (Å²) in [5, 5.41) is 7.30. The molecule has 0 aliphatic carbocycles. The minimum absolute atomic E-state index is 0.00258. The molecule has 1 aliphatic rings. The summed E-state index contributed by atoms with van der Waals surface area (Å²) in [7, 11) is 0. The second-order valence-electron chi connectivity index (χ2n) is 7.02. The molecule has 0 spiro atoms. The molecule has 0 saturated carbocycles. The number of aromatic nitrogens is 1. The smallest absolute Gasteiger partial charge is 0.194 e. The van der Waals surface area contributed by atoms with Gasteiger partial charge in [-0.3, -0.25) is 9.89 Å². The number of hydrogen-bond acceptors (Lipinski definition) is 4. The third kappa shape index (κ3) is 5.28. The molecule has 1 aromatic carbocycles. The first-order chi connectivity index (χ1) is 13.6. The van der Waals surface area contributed by atoms with Crippen molar-refractivity contribution >= 4 is 5.96 Å². The van der Waals surface area contributed by atoms with Crippen molar-refractivity contribution in [3.63, 3.8) is 0 Å². The molecule has 1 saturated heterocycles. The van der Waals surface area contributed by atoms with Crippen LogP contribution in [0, 0.1) is 11.6 Å². The van der Waals surface area contributed by atoms with Gasteiger partial charge in [-0.15, -0.1) is 0 Å². The van der Waals surface area contributed by atoms with E-state index in [1.807, 2.05) is 19.9 Å². The van der Waals surface area contributed by atoms with Gasteiger partial charge in [0.1, 0.15) is 6.26 Å². The van der Waals surface area contributed by atoms with Crippen LogP contribution in [0.3, 0.4) is 0 Å². The lowest BCUT2D eigenvalue weighted by Crippen LogP contribution is -2.52. The van der Waals surface area contributed by atoms with E-state index in [2.05, 4.69) is 20.3 Å². The zero-order chi connectivity index (χ0) is 19.9. The van der Waals surface area contributed by atoms with Crippen molar-refractivity contribution in [2.75, 3.05) is 39.3 Å². The zero-order valence-electron chi connectivity index (χ0n) is 16.4. The van der Waals surface area contributed by atoms with Crippen molar-refractivity contribution in [1.82, 2.24) is 20.3 Å². The molecule has 28 heavy (non-hydrogen) atoms. The Kier molecular flexibility index (Phi) is 6.97. The molecule has 152 valence electrons. The number of guanidine groups is 1. The van der Waals surface area contributed by atoms with Crippen molar-refractivity contribution in [3.8, 4) is 0 Å². The first-order valence-corrected chi connectivity index (χ1v) is 9.66. The number of nitrogens with zero attached hydrogens (tertiary/aromatic N) is 4. The minimum Gasteiger partial charge on any atom is -0.364 e. The first kappa shape index (κ1) is 20.3. The molecule has 1 fully saturated rings. The van der Waals surface area contributed by atoms with E-state index < -0.39 is 11.6 Å². The van der Waals surface area contributed by atoms with Crippen LogP contribution in [0.5, 0.6) is 0 Å². The largest absolute Gasteiger partial charge is 0.364 e. The topological polar surface area (TPSA) is 56.9 Å². The Morgan fingerprint density at radius 2 is 2.00 bits per heavy atom. The van der Waals surface area contributed by atoms with E-state index in [1.54, 1.807) is 12.3 Å². The predicted octanol–water partition coefficient (Wildman–Crippen LogP) is 2.84. The van der Waals surface area contributed by atoms with Gasteiger partial charge in [-0.2, -0.15) is 0 Å². The molecule has 8 heteroatoms. The SMILES string of the molecule is CCNC(=NCC(C)c1ccc(F)c(F)c1)N1CCN(Cc2ccon2)CC1. The van der Waals surface area contributed by atoms with Crippen molar-refractivity contribution in [2.45, 2.75) is 26.3 Å². The van der Waals surface area contributed by atoms with E-state index >= 15 is 0 Å². The fourth-order valence-electron chi connectivity index (χ4n) is 3.24. The van der Waals surface area contributed by atoms with E-state index in [0.717, 1.165) is 56.5 Å². The van der Waals surface area contributed by atoms with Crippen LogP contribution < -0.4 is 5.32 Å². The summed E-state index contributed by atoms with van der Waals surface area (Å²) in [4.78, 5) is 9.31. The summed E-state index contributed by atoms with van der Waals surface area (Å²) in [6.45, 7) is 9.62. The van der Waals surface area contributed by atoms with Crippen LogP contribution in [0.25, 0.3) is 0 Å². The van der Waals surface area contributed by atoms with Crippen molar-refractivity contribution in [3.05, 3.63) is 53.4 Å². The van der Waals surface area contributed by atoms with E-state index in [9.17, 15) is 8.78 Å². The van der Waals surface area contributed by atoms with Gasteiger partial charge in [-0.25, -0.2) is 8.78 Å². The van der Waals surface area contributed by atoms with Gasteiger partial charge in [-0.1, -0.05) is 18.1 Å². The van der Waals surface area contributed by atoms with E-state index in [-0.39, 0.29) is 5.92 Å². The van der Waals surface area contributed by atoms with Crippen LogP contribution in [0.15, 0.2) is 40.0 Å². The number of nitrogens with one attached hydrogen (secondary N) is 1. The van der Waals surface area contributed by atoms with Crippen LogP contribution in [0.1, 0.15) is 31.0 Å². The zero-order valence-corrected chi connectivity index (χ0v) is 16.4. The van der Waals surface area contributed by atoms with Crippen LogP contribution in [-0.4, -0.2) is 60.2 Å². The molecule has 0 amide bonds. The van der Waals surface area contributed by atoms with Gasteiger partial charge in [0.15, 0.2) is 17.6 Å². The molecule has 2 heterocycles. The molecule has 0 bridgehead atoms. The molecule has 0 radical (unpaired) electrons. The van der Waals surface area contributed by atoms with Gasteiger partial charge in [0.05, 0.1) is 5.69 Å². The first-order valence-electron chi connectivity index (χ1n) is 9.66. The number of hydrogen-bond donors (Lipinski definition) is 1. The van der Waals surface area contributed by atoms with E-state index in [1.165, 1.54) is 12.1 Å². The number of halogens is 2. The maximum absolute atomic E-state index is 13.5. The fraction of sp³-hybridized carbons (Fsp3) is 0.500. The highest BCUT2D eigenvalue weighted by Crippen LogP contribution is 2.18. The van der Waals surface area contributed by atoms with E-state index in [0.29, 0.717) is 6.54 Å². The predicted molar refractivity (Wildman–Crippen MR) is 104 cm³/mol. The summed E-state index contributed by atoms with van der Waals surface area (Å²) in [6, 6.07) is 5.93. The summed E-state index contributed by atoms with van der Waals surface area (Å²) >= 11 is 0. The normalized spacial score (nSPS) is 17.0. The quantitative estimate of drug-likeness (QED) is 0.606. The van der Waals surface area contributed by atoms with Gasteiger partial charge in [0.2, 0.25) is 0 Å². The monoisotopic (exact) mass is 391 g/mol. The lowest BCUT2D eigenvalue weighted by molar-refractivity contribution is 0.169. The molecule has 6 nitrogen and oxygen atoms in total. The Labute approximate surface area is 164 Å². The minimum atomic E-state index is -0.823. The summed E-state index contributed by atoms with van der Waals surface area (Å²) in [6.07, 6.45) is 1.59. The summed E-state index contributed by atoms with van der Waals surface area (Å²) in [5.41, 5.74) is 1.69. The number of benzene rings is 1. The maximum atomic E-state index is 13.5. The average molecular weight is 391 g/mol. The molecule has 1 N–H and O–H groups in total. The van der Waals surface area contributed by atoms with Crippen molar-refractivity contribution < 1.29 is 13.3 Å². The van der Waals surface area contributed by atoms with E-state index in [4.69, 9.17) is 9.52 Å². The third-order valence-electron chi connectivity index (χ3n) is 4.91. The second kappa shape index (κ2) is 9.64. The summed E-state index contributed by atoms with van der Waals surface area (Å²) < 4.78 is 31.5. The molecule has 2 aromatic rings. The van der Waals surface area contributed by atoms with Crippen LogP contribution in [0.4, 0.5) is 8.78 Å². The van der Waals surface area contributed by atoms with Gasteiger partial charge in [-0.05, 0) is 24.6 Å². The number of rotatable bonds is 6. The molecule has 1 unspecified atom stereocenters. The number of aliphatic imine (C=N–C) groups is 1. The standard InChI is InChI=1S/C20H27F2N5O/c1-3-23-20(24-13-15(2)16-4-5-18(21)19(22)12-16)27-9-7-26(8-10-27)14-17-6-11-28-25-17/h4-6,11-12,15H,3,7-10,13-14H2,1-2H3,(H,23,24). The molecule has 1 atom stereocenters. The number of piperazine rings is 1. The molecular formula is C20H27F2N5O. The second-order valence-corrected chi connectivity index (χ2v) is 7.02. The highest BCUT2D eigenvalue weighted by Gasteiger charge is 2.20. The Bertz CT molecular complexity index is 773. The lowest BCUT2D eigenvalue weighted by atomic mass is 10.0. The maximum Gasteiger partial charge on any atom is 0.194 e. The third-order valence-corrected chi connectivity index (χ3v) is 4.91. The van der Waals surface area contributed by atoms with Crippen LogP contribution >= 0.6 is 0 Å². The Morgan fingerprint density at radius 3 is 2.64 bits per heavy atom.